The number of benzene rings is 1. The summed E-state index contributed by atoms with van der Waals surface area (Å²) in [4.78, 5) is 35.9. The molecule has 0 saturated heterocycles. The number of likely N-dealkylation sites (N-methyl/N-ethyl adjacent to an activating group) is 2. The lowest BCUT2D eigenvalue weighted by Gasteiger charge is -2.40. The van der Waals surface area contributed by atoms with Gasteiger partial charge in [0.1, 0.15) is 6.23 Å². The molecule has 0 aliphatic heterocycles. The van der Waals surface area contributed by atoms with Crippen molar-refractivity contribution in [2.45, 2.75) is 86.2 Å². The van der Waals surface area contributed by atoms with Gasteiger partial charge in [0.25, 0.3) is 0 Å². The Morgan fingerprint density at radius 2 is 1.65 bits per heavy atom. The molecule has 9 heteroatoms. The number of carbonyl (C=O) groups is 2. The van der Waals surface area contributed by atoms with E-state index in [0.717, 1.165) is 5.56 Å². The Morgan fingerprint density at radius 3 is 2.08 bits per heavy atom. The van der Waals surface area contributed by atoms with E-state index in [9.17, 15) is 14.7 Å². The molecule has 37 heavy (non-hydrogen) atoms. The SMILES string of the molecule is CCOC(=O)/C(C)=C/C(C(C)C)N(C)OC(NOC(NC)C(C)(C)c1ccc(C(=O)O)cc1)C(C)(C)C. The molecule has 0 amide bonds. The molecular formula is C28H47N3O6. The van der Waals surface area contributed by atoms with Crippen molar-refractivity contribution in [3.8, 4) is 0 Å². The number of nitrogens with one attached hydrogen (secondary N) is 2. The maximum Gasteiger partial charge on any atom is 0.335 e. The van der Waals surface area contributed by atoms with Crippen molar-refractivity contribution < 1.29 is 29.1 Å². The predicted octanol–water partition coefficient (Wildman–Crippen LogP) is 4.50. The molecule has 0 aliphatic rings. The van der Waals surface area contributed by atoms with Crippen molar-refractivity contribution >= 4 is 11.9 Å². The monoisotopic (exact) mass is 521 g/mol. The third-order valence-corrected chi connectivity index (χ3v) is 6.27. The van der Waals surface area contributed by atoms with E-state index >= 15 is 0 Å². The van der Waals surface area contributed by atoms with E-state index in [1.54, 1.807) is 50.2 Å². The van der Waals surface area contributed by atoms with E-state index < -0.39 is 23.8 Å². The van der Waals surface area contributed by atoms with Gasteiger partial charge in [-0.05, 0) is 44.5 Å². The van der Waals surface area contributed by atoms with Crippen LogP contribution < -0.4 is 10.8 Å². The molecule has 0 saturated carbocycles. The lowest BCUT2D eigenvalue weighted by molar-refractivity contribution is -0.277. The van der Waals surface area contributed by atoms with Gasteiger partial charge in [-0.25, -0.2) is 9.59 Å². The molecule has 1 aromatic rings. The van der Waals surface area contributed by atoms with Gasteiger partial charge >= 0.3 is 11.9 Å². The maximum atomic E-state index is 12.2. The Bertz CT molecular complexity index is 905. The summed E-state index contributed by atoms with van der Waals surface area (Å²) in [5.41, 5.74) is 3.93. The van der Waals surface area contributed by atoms with E-state index in [1.165, 1.54) is 0 Å². The van der Waals surface area contributed by atoms with Gasteiger partial charge < -0.3 is 9.84 Å². The zero-order valence-corrected chi connectivity index (χ0v) is 24.3. The number of carboxylic acids is 1. The van der Waals surface area contributed by atoms with Crippen LogP contribution >= 0.6 is 0 Å². The number of hydrogen-bond acceptors (Lipinski definition) is 8. The minimum atomic E-state index is -0.964. The molecule has 0 heterocycles. The second-order valence-corrected chi connectivity index (χ2v) is 11.2. The number of rotatable bonds is 14. The fourth-order valence-corrected chi connectivity index (χ4v) is 3.77. The lowest BCUT2D eigenvalue weighted by atomic mass is 9.82. The van der Waals surface area contributed by atoms with Crippen LogP contribution in [0.15, 0.2) is 35.9 Å². The van der Waals surface area contributed by atoms with Crippen molar-refractivity contribution in [3.05, 3.63) is 47.0 Å². The molecule has 0 bridgehead atoms. The van der Waals surface area contributed by atoms with Gasteiger partial charge in [0.2, 0.25) is 0 Å². The van der Waals surface area contributed by atoms with Gasteiger partial charge in [-0.15, -0.1) is 0 Å². The average molecular weight is 522 g/mol. The summed E-state index contributed by atoms with van der Waals surface area (Å²) in [6, 6.07) is 6.60. The van der Waals surface area contributed by atoms with Crippen LogP contribution in [0.4, 0.5) is 0 Å². The topological polar surface area (TPSA) is 109 Å². The van der Waals surface area contributed by atoms with E-state index in [4.69, 9.17) is 14.4 Å². The molecule has 9 nitrogen and oxygen atoms in total. The number of ether oxygens (including phenoxy) is 1. The van der Waals surface area contributed by atoms with Gasteiger partial charge in [0.05, 0.1) is 18.2 Å². The molecule has 3 unspecified atom stereocenters. The largest absolute Gasteiger partial charge is 0.478 e. The number of hydrogen-bond donors (Lipinski definition) is 3. The second-order valence-electron chi connectivity index (χ2n) is 11.2. The highest BCUT2D eigenvalue weighted by Gasteiger charge is 2.35. The Balaban J connectivity index is 3.07. The molecule has 3 N–H and O–H groups in total. The van der Waals surface area contributed by atoms with Crippen molar-refractivity contribution in [1.82, 2.24) is 15.9 Å². The van der Waals surface area contributed by atoms with Gasteiger partial charge in [0, 0.05) is 23.5 Å². The quantitative estimate of drug-likeness (QED) is 0.141. The first-order valence-electron chi connectivity index (χ1n) is 12.7. The molecule has 0 aliphatic carbocycles. The molecule has 0 aromatic heterocycles. The van der Waals surface area contributed by atoms with E-state index in [-0.39, 0.29) is 28.9 Å². The van der Waals surface area contributed by atoms with Crippen molar-refractivity contribution in [1.29, 1.82) is 0 Å². The average Bonchev–Trinajstić information content (AvgIpc) is 2.80. The van der Waals surface area contributed by atoms with E-state index in [1.807, 2.05) is 47.7 Å². The van der Waals surface area contributed by atoms with Gasteiger partial charge in [-0.3, -0.25) is 15.0 Å². The van der Waals surface area contributed by atoms with Crippen LogP contribution in [0.25, 0.3) is 0 Å². The summed E-state index contributed by atoms with van der Waals surface area (Å²) in [6.07, 6.45) is 0.869. The lowest BCUT2D eigenvalue weighted by Crippen LogP contribution is -2.54. The Labute approximate surface area is 222 Å². The number of nitrogens with zero attached hydrogens (tertiary/aromatic N) is 1. The first-order valence-corrected chi connectivity index (χ1v) is 12.7. The highest BCUT2D eigenvalue weighted by molar-refractivity contribution is 5.88. The molecule has 210 valence electrons. The van der Waals surface area contributed by atoms with Crippen LogP contribution in [0.2, 0.25) is 0 Å². The Morgan fingerprint density at radius 1 is 1.08 bits per heavy atom. The van der Waals surface area contributed by atoms with Gasteiger partial charge in [-0.2, -0.15) is 10.5 Å². The van der Waals surface area contributed by atoms with Gasteiger partial charge in [0.15, 0.2) is 6.23 Å². The number of aromatic carboxylic acids is 1. The first kappa shape index (κ1) is 32.7. The van der Waals surface area contributed by atoms with Gasteiger partial charge in [-0.1, -0.05) is 66.7 Å². The van der Waals surface area contributed by atoms with Crippen LogP contribution in [0, 0.1) is 11.3 Å². The summed E-state index contributed by atoms with van der Waals surface area (Å²) in [7, 11) is 3.64. The smallest absolute Gasteiger partial charge is 0.335 e. The van der Waals surface area contributed by atoms with Crippen molar-refractivity contribution in [2.24, 2.45) is 11.3 Å². The summed E-state index contributed by atoms with van der Waals surface area (Å²) in [5, 5.41) is 14.1. The molecule has 1 rings (SSSR count). The first-order chi connectivity index (χ1) is 17.1. The summed E-state index contributed by atoms with van der Waals surface area (Å²) >= 11 is 0. The van der Waals surface area contributed by atoms with E-state index in [2.05, 4.69) is 24.6 Å². The third kappa shape index (κ3) is 9.50. The Hall–Kier alpha value is -2.30. The maximum absolute atomic E-state index is 12.2. The number of carbonyl (C=O) groups excluding carboxylic acids is 1. The van der Waals surface area contributed by atoms with Crippen LogP contribution in [-0.4, -0.2) is 61.3 Å². The molecule has 0 spiro atoms. The van der Waals surface area contributed by atoms with Crippen LogP contribution in [0.1, 0.15) is 78.2 Å². The minimum Gasteiger partial charge on any atom is -0.478 e. The van der Waals surface area contributed by atoms with Crippen molar-refractivity contribution in [3.63, 3.8) is 0 Å². The molecule has 0 fully saturated rings. The zero-order valence-electron chi connectivity index (χ0n) is 24.3. The molecule has 3 atom stereocenters. The fourth-order valence-electron chi connectivity index (χ4n) is 3.77. The predicted molar refractivity (Wildman–Crippen MR) is 145 cm³/mol. The third-order valence-electron chi connectivity index (χ3n) is 6.27. The fraction of sp³-hybridized carbons (Fsp3) is 0.643. The van der Waals surface area contributed by atoms with Crippen LogP contribution in [0.5, 0.6) is 0 Å². The summed E-state index contributed by atoms with van der Waals surface area (Å²) in [6.45, 7) is 18.1. The number of esters is 1. The van der Waals surface area contributed by atoms with Crippen molar-refractivity contribution in [2.75, 3.05) is 20.7 Å². The van der Waals surface area contributed by atoms with Crippen LogP contribution in [0.3, 0.4) is 0 Å². The van der Waals surface area contributed by atoms with Crippen LogP contribution in [-0.2, 0) is 24.6 Å². The van der Waals surface area contributed by atoms with E-state index in [0.29, 0.717) is 12.2 Å². The Kier molecular flexibility index (Phi) is 12.4. The highest BCUT2D eigenvalue weighted by atomic mass is 16.8. The summed E-state index contributed by atoms with van der Waals surface area (Å²) in [5.74, 6) is -1.15. The zero-order chi connectivity index (χ0) is 28.6. The molecular weight excluding hydrogens is 474 g/mol. The highest BCUT2D eigenvalue weighted by Crippen LogP contribution is 2.29. The standard InChI is InChI=1S/C28H47N3O6/c1-12-35-24(34)19(4)17-22(18(2)3)31(11)37-25(27(5,6)7)30-36-26(29-10)28(8,9)21-15-13-20(14-16-21)23(32)33/h13-18,22,25-26,29-30H,12H2,1-11H3,(H,32,33)/b19-17+. The normalized spacial score (nSPS) is 15.5. The number of carboxylic acid groups (broad SMARTS) is 1. The minimum absolute atomic E-state index is 0.161. The second kappa shape index (κ2) is 14.0. The number of hydroxylamine groups is 3. The molecule has 1 aromatic carbocycles. The molecule has 0 radical (unpaired) electrons. The summed E-state index contributed by atoms with van der Waals surface area (Å²) < 4.78 is 5.13.